The molecule has 0 saturated carbocycles. The third-order valence-corrected chi connectivity index (χ3v) is 6.09. The average Bonchev–Trinajstić information content (AvgIpc) is 3.31. The number of carbonyl (C=O) groups excluding carboxylic acids is 2. The van der Waals surface area contributed by atoms with E-state index in [-0.39, 0.29) is 17.7 Å². The molecule has 166 valence electrons. The van der Waals surface area contributed by atoms with E-state index in [4.69, 9.17) is 0 Å². The maximum Gasteiger partial charge on any atom is 0.227 e. The van der Waals surface area contributed by atoms with Crippen molar-refractivity contribution in [3.8, 4) is 11.3 Å². The van der Waals surface area contributed by atoms with Gasteiger partial charge in [-0.2, -0.15) is 0 Å². The summed E-state index contributed by atoms with van der Waals surface area (Å²) in [6, 6.07) is 28.1. The van der Waals surface area contributed by atoms with E-state index in [1.54, 1.807) is 0 Å². The van der Waals surface area contributed by atoms with Gasteiger partial charge in [0.05, 0.1) is 5.69 Å². The second-order valence-electron chi connectivity index (χ2n) is 7.77. The molecule has 3 aromatic carbocycles. The molecule has 6 heteroatoms. The van der Waals surface area contributed by atoms with E-state index in [1.807, 2.05) is 66.0 Å². The first kappa shape index (κ1) is 22.4. The van der Waals surface area contributed by atoms with Crippen LogP contribution in [0.1, 0.15) is 36.0 Å². The third-order valence-electron chi connectivity index (χ3n) is 5.34. The molecule has 2 N–H and O–H groups in total. The first-order chi connectivity index (χ1) is 16.1. The molecule has 1 aromatic heterocycles. The SMILES string of the molecule is CC(=O)NCc1ccc(-c2csc(NC(=O)CC(c3ccccc3)c3ccccc3)n2)cc1. The van der Waals surface area contributed by atoms with E-state index in [0.717, 1.165) is 27.9 Å². The molecule has 33 heavy (non-hydrogen) atoms. The number of amides is 2. The summed E-state index contributed by atoms with van der Waals surface area (Å²) in [7, 11) is 0. The lowest BCUT2D eigenvalue weighted by Gasteiger charge is -2.17. The van der Waals surface area contributed by atoms with E-state index < -0.39 is 0 Å². The lowest BCUT2D eigenvalue weighted by atomic mass is 9.88. The maximum absolute atomic E-state index is 12.9. The van der Waals surface area contributed by atoms with Crippen LogP contribution in [0.2, 0.25) is 0 Å². The Kier molecular flexibility index (Phi) is 7.27. The van der Waals surface area contributed by atoms with E-state index in [0.29, 0.717) is 18.1 Å². The van der Waals surface area contributed by atoms with Crippen LogP contribution in [0.5, 0.6) is 0 Å². The Bertz CT molecular complexity index is 1170. The van der Waals surface area contributed by atoms with Gasteiger partial charge in [-0.25, -0.2) is 4.98 Å². The molecule has 0 aliphatic carbocycles. The summed E-state index contributed by atoms with van der Waals surface area (Å²) in [6.45, 7) is 2.00. The third kappa shape index (κ3) is 6.14. The molecule has 0 fully saturated rings. The summed E-state index contributed by atoms with van der Waals surface area (Å²) < 4.78 is 0. The molecular weight excluding hydrogens is 430 g/mol. The highest BCUT2D eigenvalue weighted by atomic mass is 32.1. The van der Waals surface area contributed by atoms with E-state index in [9.17, 15) is 9.59 Å². The molecule has 0 aliphatic rings. The van der Waals surface area contributed by atoms with Crippen LogP contribution in [0, 0.1) is 0 Å². The number of hydrogen-bond donors (Lipinski definition) is 2. The van der Waals surface area contributed by atoms with Crippen molar-refractivity contribution >= 4 is 28.3 Å². The number of carbonyl (C=O) groups is 2. The number of rotatable bonds is 8. The highest BCUT2D eigenvalue weighted by molar-refractivity contribution is 7.14. The Morgan fingerprint density at radius 3 is 2.06 bits per heavy atom. The predicted octanol–water partition coefficient (Wildman–Crippen LogP) is 5.61. The molecule has 2 amide bonds. The fraction of sp³-hybridized carbons (Fsp3) is 0.148. The van der Waals surface area contributed by atoms with Crippen LogP contribution in [0.25, 0.3) is 11.3 Å². The van der Waals surface area contributed by atoms with Crippen molar-refractivity contribution in [1.82, 2.24) is 10.3 Å². The molecular formula is C27H25N3O2S. The average molecular weight is 456 g/mol. The lowest BCUT2D eigenvalue weighted by Crippen LogP contribution is -2.18. The topological polar surface area (TPSA) is 71.1 Å². The zero-order chi connectivity index (χ0) is 23.0. The first-order valence-corrected chi connectivity index (χ1v) is 11.7. The summed E-state index contributed by atoms with van der Waals surface area (Å²) in [5, 5.41) is 8.27. The predicted molar refractivity (Wildman–Crippen MR) is 133 cm³/mol. The van der Waals surface area contributed by atoms with Gasteiger partial charge in [0, 0.05) is 36.8 Å². The van der Waals surface area contributed by atoms with Gasteiger partial charge >= 0.3 is 0 Å². The fourth-order valence-electron chi connectivity index (χ4n) is 3.64. The minimum absolute atomic E-state index is 0.0250. The molecule has 0 spiro atoms. The molecule has 5 nitrogen and oxygen atoms in total. The van der Waals surface area contributed by atoms with Gasteiger partial charge in [0.25, 0.3) is 0 Å². The van der Waals surface area contributed by atoms with Gasteiger partial charge in [-0.15, -0.1) is 11.3 Å². The van der Waals surface area contributed by atoms with Gasteiger partial charge < -0.3 is 10.6 Å². The number of aromatic nitrogens is 1. The van der Waals surface area contributed by atoms with Gasteiger partial charge in [0.15, 0.2) is 5.13 Å². The fourth-order valence-corrected chi connectivity index (χ4v) is 4.37. The normalized spacial score (nSPS) is 10.7. The molecule has 0 bridgehead atoms. The van der Waals surface area contributed by atoms with Crippen LogP contribution in [0.4, 0.5) is 5.13 Å². The summed E-state index contributed by atoms with van der Waals surface area (Å²) in [5.41, 5.74) is 5.01. The number of anilines is 1. The summed E-state index contributed by atoms with van der Waals surface area (Å²) >= 11 is 1.41. The molecule has 0 atom stereocenters. The van der Waals surface area contributed by atoms with Gasteiger partial charge in [-0.3, -0.25) is 9.59 Å². The van der Waals surface area contributed by atoms with E-state index in [2.05, 4.69) is 39.9 Å². The van der Waals surface area contributed by atoms with Gasteiger partial charge in [-0.1, -0.05) is 84.9 Å². The van der Waals surface area contributed by atoms with Gasteiger partial charge in [0.1, 0.15) is 0 Å². The Morgan fingerprint density at radius 2 is 1.48 bits per heavy atom. The Labute approximate surface area is 197 Å². The zero-order valence-corrected chi connectivity index (χ0v) is 19.1. The molecule has 4 rings (SSSR count). The smallest absolute Gasteiger partial charge is 0.227 e. The van der Waals surface area contributed by atoms with Crippen LogP contribution in [-0.4, -0.2) is 16.8 Å². The van der Waals surface area contributed by atoms with E-state index >= 15 is 0 Å². The van der Waals surface area contributed by atoms with Crippen molar-refractivity contribution in [3.63, 3.8) is 0 Å². The van der Waals surface area contributed by atoms with Gasteiger partial charge in [-0.05, 0) is 16.7 Å². The van der Waals surface area contributed by atoms with Crippen molar-refractivity contribution in [2.24, 2.45) is 0 Å². The highest BCUT2D eigenvalue weighted by Crippen LogP contribution is 2.29. The number of hydrogen-bond acceptors (Lipinski definition) is 4. The summed E-state index contributed by atoms with van der Waals surface area (Å²) in [4.78, 5) is 28.6. The molecule has 0 radical (unpaired) electrons. The number of nitrogens with one attached hydrogen (secondary N) is 2. The minimum Gasteiger partial charge on any atom is -0.352 e. The lowest BCUT2D eigenvalue weighted by molar-refractivity contribution is -0.119. The molecule has 0 unspecified atom stereocenters. The van der Waals surface area contributed by atoms with Crippen molar-refractivity contribution in [2.45, 2.75) is 25.8 Å². The van der Waals surface area contributed by atoms with Crippen molar-refractivity contribution in [1.29, 1.82) is 0 Å². The van der Waals surface area contributed by atoms with Crippen LogP contribution >= 0.6 is 11.3 Å². The van der Waals surface area contributed by atoms with Crippen molar-refractivity contribution in [3.05, 3.63) is 107 Å². The van der Waals surface area contributed by atoms with Crippen LogP contribution in [-0.2, 0) is 16.1 Å². The highest BCUT2D eigenvalue weighted by Gasteiger charge is 2.19. The standard InChI is InChI=1S/C27H25N3O2S/c1-19(31)28-17-20-12-14-23(15-13-20)25-18-33-27(29-25)30-26(32)16-24(21-8-4-2-5-9-21)22-10-6-3-7-11-22/h2-15,18,24H,16-17H2,1H3,(H,28,31)(H,29,30,32). The number of nitrogens with zero attached hydrogens (tertiary/aromatic N) is 1. The zero-order valence-electron chi connectivity index (χ0n) is 18.3. The molecule has 0 saturated heterocycles. The second-order valence-corrected chi connectivity index (χ2v) is 8.63. The number of benzene rings is 3. The largest absolute Gasteiger partial charge is 0.352 e. The minimum atomic E-state index is -0.0701. The van der Waals surface area contributed by atoms with Crippen molar-refractivity contribution in [2.75, 3.05) is 5.32 Å². The Hall–Kier alpha value is -3.77. The van der Waals surface area contributed by atoms with Crippen molar-refractivity contribution < 1.29 is 9.59 Å². The quantitative estimate of drug-likeness (QED) is 0.363. The molecule has 1 heterocycles. The second kappa shape index (κ2) is 10.7. The number of thiazole rings is 1. The monoisotopic (exact) mass is 455 g/mol. The van der Waals surface area contributed by atoms with Crippen LogP contribution in [0.15, 0.2) is 90.3 Å². The Morgan fingerprint density at radius 1 is 0.879 bits per heavy atom. The first-order valence-electron chi connectivity index (χ1n) is 10.8. The molecule has 0 aliphatic heterocycles. The molecule has 4 aromatic rings. The van der Waals surface area contributed by atoms with Crippen LogP contribution < -0.4 is 10.6 Å². The maximum atomic E-state index is 12.9. The van der Waals surface area contributed by atoms with Crippen LogP contribution in [0.3, 0.4) is 0 Å². The summed E-state index contributed by atoms with van der Waals surface area (Å²) in [6.07, 6.45) is 0.334. The van der Waals surface area contributed by atoms with Gasteiger partial charge in [0.2, 0.25) is 11.8 Å². The Balaban J connectivity index is 1.43. The summed E-state index contributed by atoms with van der Waals surface area (Å²) in [5.74, 6) is -0.150. The van der Waals surface area contributed by atoms with E-state index in [1.165, 1.54) is 18.3 Å².